The lowest BCUT2D eigenvalue weighted by molar-refractivity contribution is 0.174. The molecule has 0 bridgehead atoms. The van der Waals surface area contributed by atoms with Crippen molar-refractivity contribution in [2.24, 2.45) is 0 Å². The number of para-hydroxylation sites is 1. The van der Waals surface area contributed by atoms with E-state index in [2.05, 4.69) is 10.2 Å². The van der Waals surface area contributed by atoms with Crippen molar-refractivity contribution in [3.63, 3.8) is 0 Å². The van der Waals surface area contributed by atoms with Crippen molar-refractivity contribution in [3.8, 4) is 23.0 Å². The Hall–Kier alpha value is -3.19. The summed E-state index contributed by atoms with van der Waals surface area (Å²) in [5.41, 5.74) is 2.75. The van der Waals surface area contributed by atoms with Crippen LogP contribution in [-0.4, -0.2) is 26.5 Å². The molecule has 1 N–H and O–H groups in total. The minimum atomic E-state index is 0.260. The van der Waals surface area contributed by atoms with Crippen molar-refractivity contribution < 1.29 is 9.47 Å². The van der Waals surface area contributed by atoms with Gasteiger partial charge in [0, 0.05) is 5.39 Å². The highest BCUT2D eigenvalue weighted by Gasteiger charge is 2.15. The molecule has 128 valence electrons. The Balaban J connectivity index is 1.56. The summed E-state index contributed by atoms with van der Waals surface area (Å²) in [5, 5.41) is 8.36. The van der Waals surface area contributed by atoms with Crippen LogP contribution in [0.3, 0.4) is 0 Å². The number of aromatic amines is 1. The predicted octanol–water partition coefficient (Wildman–Crippen LogP) is 3.93. The minimum Gasteiger partial charge on any atom is -0.454 e. The van der Waals surface area contributed by atoms with Gasteiger partial charge in [0.15, 0.2) is 22.1 Å². The average Bonchev–Trinajstić information content (AvgIpc) is 3.28. The molecule has 2 aromatic heterocycles. The molecule has 0 radical (unpaired) electrons. The molecule has 7 heteroatoms. The Bertz CT molecular complexity index is 1180. The maximum Gasteiger partial charge on any atom is 0.231 e. The zero-order valence-corrected chi connectivity index (χ0v) is 14.5. The Labute approximate surface area is 154 Å². The zero-order valence-electron chi connectivity index (χ0n) is 13.7. The maximum absolute atomic E-state index is 5.46. The van der Waals surface area contributed by atoms with Gasteiger partial charge in [0.05, 0.1) is 12.1 Å². The topological polar surface area (TPSA) is 65.0 Å². The molecule has 4 aromatic rings. The Morgan fingerprint density at radius 1 is 1.04 bits per heavy atom. The number of benzene rings is 2. The van der Waals surface area contributed by atoms with Gasteiger partial charge >= 0.3 is 0 Å². The average molecular weight is 362 g/mol. The van der Waals surface area contributed by atoms with E-state index in [-0.39, 0.29) is 6.79 Å². The Morgan fingerprint density at radius 3 is 2.88 bits per heavy atom. The van der Waals surface area contributed by atoms with Crippen molar-refractivity contribution in [1.82, 2.24) is 19.7 Å². The minimum absolute atomic E-state index is 0.260. The third-order valence-corrected chi connectivity index (χ3v) is 4.68. The van der Waals surface area contributed by atoms with Gasteiger partial charge in [-0.2, -0.15) is 5.10 Å². The molecule has 0 atom stereocenters. The lowest BCUT2D eigenvalue weighted by Crippen LogP contribution is -2.03. The SMILES string of the molecule is S=c1[nH]nc(-c2ccc3ccccc3n2)n1Cc1ccc2c(c1)OCO2. The van der Waals surface area contributed by atoms with Gasteiger partial charge in [0.2, 0.25) is 6.79 Å². The van der Waals surface area contributed by atoms with E-state index in [1.165, 1.54) is 0 Å². The Kier molecular flexibility index (Phi) is 3.46. The maximum atomic E-state index is 5.46. The first-order chi connectivity index (χ1) is 12.8. The van der Waals surface area contributed by atoms with E-state index < -0.39 is 0 Å². The first-order valence-electron chi connectivity index (χ1n) is 8.18. The smallest absolute Gasteiger partial charge is 0.231 e. The molecule has 0 aliphatic carbocycles. The number of ether oxygens (including phenoxy) is 2. The first kappa shape index (κ1) is 15.1. The molecule has 1 aliphatic heterocycles. The fourth-order valence-electron chi connectivity index (χ4n) is 3.07. The molecule has 0 saturated carbocycles. The van der Waals surface area contributed by atoms with Crippen LogP contribution in [0.1, 0.15) is 5.56 Å². The highest BCUT2D eigenvalue weighted by atomic mass is 32.1. The molecule has 26 heavy (non-hydrogen) atoms. The van der Waals surface area contributed by atoms with Crippen LogP contribution in [0.25, 0.3) is 22.4 Å². The van der Waals surface area contributed by atoms with Crippen LogP contribution >= 0.6 is 12.2 Å². The quantitative estimate of drug-likeness (QED) is 0.560. The van der Waals surface area contributed by atoms with E-state index >= 15 is 0 Å². The Morgan fingerprint density at radius 2 is 1.92 bits per heavy atom. The summed E-state index contributed by atoms with van der Waals surface area (Å²) in [5.74, 6) is 2.22. The molecule has 6 nitrogen and oxygen atoms in total. The molecule has 0 spiro atoms. The summed E-state index contributed by atoms with van der Waals surface area (Å²) in [7, 11) is 0. The number of nitrogens with zero attached hydrogens (tertiary/aromatic N) is 3. The molecule has 0 fully saturated rings. The molecule has 5 rings (SSSR count). The van der Waals surface area contributed by atoms with Gasteiger partial charge in [-0.3, -0.25) is 9.67 Å². The summed E-state index contributed by atoms with van der Waals surface area (Å²) in [6.45, 7) is 0.825. The highest BCUT2D eigenvalue weighted by molar-refractivity contribution is 7.71. The third-order valence-electron chi connectivity index (χ3n) is 4.36. The second-order valence-corrected chi connectivity index (χ2v) is 6.40. The second kappa shape index (κ2) is 5.96. The molecular formula is C19H14N4O2S. The summed E-state index contributed by atoms with van der Waals surface area (Å²) in [6.07, 6.45) is 0. The standard InChI is InChI=1S/C19H14N4O2S/c26-19-22-21-18(15-7-6-13-3-1-2-4-14(13)20-15)23(19)10-12-5-8-16-17(9-12)25-11-24-16/h1-9H,10-11H2,(H,22,26). The largest absolute Gasteiger partial charge is 0.454 e. The molecule has 2 aromatic carbocycles. The van der Waals surface area contributed by atoms with Crippen LogP contribution in [-0.2, 0) is 6.54 Å². The number of rotatable bonds is 3. The summed E-state index contributed by atoms with van der Waals surface area (Å²) >= 11 is 5.43. The van der Waals surface area contributed by atoms with Crippen molar-refractivity contribution in [2.45, 2.75) is 6.54 Å². The van der Waals surface area contributed by atoms with Crippen molar-refractivity contribution in [1.29, 1.82) is 0 Å². The van der Waals surface area contributed by atoms with E-state index in [9.17, 15) is 0 Å². The first-order valence-corrected chi connectivity index (χ1v) is 8.59. The van der Waals surface area contributed by atoms with E-state index in [0.29, 0.717) is 17.1 Å². The van der Waals surface area contributed by atoms with Crippen LogP contribution in [0.2, 0.25) is 0 Å². The number of pyridine rings is 1. The normalized spacial score (nSPS) is 12.6. The van der Waals surface area contributed by atoms with E-state index in [4.69, 9.17) is 26.7 Å². The molecule has 0 saturated heterocycles. The van der Waals surface area contributed by atoms with Crippen LogP contribution in [0.15, 0.2) is 54.6 Å². The van der Waals surface area contributed by atoms with Crippen molar-refractivity contribution in [3.05, 3.63) is 64.9 Å². The fourth-order valence-corrected chi connectivity index (χ4v) is 3.27. The van der Waals surface area contributed by atoms with Crippen LogP contribution in [0.4, 0.5) is 0 Å². The van der Waals surface area contributed by atoms with Gasteiger partial charge < -0.3 is 9.47 Å². The van der Waals surface area contributed by atoms with Gasteiger partial charge in [-0.1, -0.05) is 30.3 Å². The van der Waals surface area contributed by atoms with Gasteiger partial charge in [-0.05, 0) is 42.0 Å². The van der Waals surface area contributed by atoms with Crippen molar-refractivity contribution >= 4 is 23.1 Å². The third kappa shape index (κ3) is 2.53. The molecular weight excluding hydrogens is 348 g/mol. The fraction of sp³-hybridized carbons (Fsp3) is 0.105. The highest BCUT2D eigenvalue weighted by Crippen LogP contribution is 2.33. The molecule has 3 heterocycles. The lowest BCUT2D eigenvalue weighted by atomic mass is 10.2. The van der Waals surface area contributed by atoms with Gasteiger partial charge in [0.1, 0.15) is 5.69 Å². The van der Waals surface area contributed by atoms with E-state index in [1.54, 1.807) is 0 Å². The van der Waals surface area contributed by atoms with Crippen LogP contribution < -0.4 is 9.47 Å². The molecule has 1 aliphatic rings. The molecule has 0 amide bonds. The zero-order chi connectivity index (χ0) is 17.5. The summed E-state index contributed by atoms with van der Waals surface area (Å²) in [4.78, 5) is 4.72. The summed E-state index contributed by atoms with van der Waals surface area (Å²) in [6, 6.07) is 17.9. The number of fused-ring (bicyclic) bond motifs is 2. The number of hydrogen-bond donors (Lipinski definition) is 1. The van der Waals surface area contributed by atoms with Gasteiger partial charge in [0.25, 0.3) is 0 Å². The van der Waals surface area contributed by atoms with E-state index in [0.717, 1.165) is 33.7 Å². The van der Waals surface area contributed by atoms with Crippen LogP contribution in [0, 0.1) is 4.77 Å². The number of nitrogens with one attached hydrogen (secondary N) is 1. The predicted molar refractivity (Wildman–Crippen MR) is 99.8 cm³/mol. The second-order valence-electron chi connectivity index (χ2n) is 6.02. The van der Waals surface area contributed by atoms with Crippen LogP contribution in [0.5, 0.6) is 11.5 Å². The van der Waals surface area contributed by atoms with Gasteiger partial charge in [-0.25, -0.2) is 4.98 Å². The van der Waals surface area contributed by atoms with E-state index in [1.807, 2.05) is 59.2 Å². The molecule has 0 unspecified atom stereocenters. The number of aromatic nitrogens is 4. The number of hydrogen-bond acceptors (Lipinski definition) is 5. The van der Waals surface area contributed by atoms with Gasteiger partial charge in [-0.15, -0.1) is 0 Å². The lowest BCUT2D eigenvalue weighted by Gasteiger charge is -2.08. The van der Waals surface area contributed by atoms with Crippen molar-refractivity contribution in [2.75, 3.05) is 6.79 Å². The monoisotopic (exact) mass is 362 g/mol. The summed E-state index contributed by atoms with van der Waals surface area (Å²) < 4.78 is 13.3. The number of H-pyrrole nitrogens is 1.